The number of sulfone groups is 1. The molecular formula is C18H41ClN2O8S. The minimum Gasteiger partial charge on any atom is -0.469 e. The van der Waals surface area contributed by atoms with E-state index in [2.05, 4.69) is 15.4 Å². The summed E-state index contributed by atoms with van der Waals surface area (Å²) in [7, 11) is 1.99. The molecule has 1 saturated heterocycles. The van der Waals surface area contributed by atoms with Crippen LogP contribution in [-0.4, -0.2) is 100 Å². The van der Waals surface area contributed by atoms with Crippen molar-refractivity contribution in [3.63, 3.8) is 0 Å². The summed E-state index contributed by atoms with van der Waals surface area (Å²) < 4.78 is 30.3. The highest BCUT2D eigenvalue weighted by atomic mass is 35.5. The van der Waals surface area contributed by atoms with Crippen LogP contribution >= 0.6 is 12.4 Å². The summed E-state index contributed by atoms with van der Waals surface area (Å²) in [6.07, 6.45) is -0.838. The van der Waals surface area contributed by atoms with Crippen LogP contribution < -0.4 is 10.6 Å². The van der Waals surface area contributed by atoms with Gasteiger partial charge in [0.1, 0.15) is 22.0 Å². The molecule has 0 aromatic carbocycles. The van der Waals surface area contributed by atoms with E-state index in [-0.39, 0.29) is 30.0 Å². The van der Waals surface area contributed by atoms with E-state index >= 15 is 0 Å². The monoisotopic (exact) mass is 480 g/mol. The average molecular weight is 481 g/mol. The van der Waals surface area contributed by atoms with Crippen molar-refractivity contribution >= 4 is 28.2 Å². The zero-order valence-corrected chi connectivity index (χ0v) is 20.6. The van der Waals surface area contributed by atoms with Gasteiger partial charge in [0.2, 0.25) is 0 Å². The number of rotatable bonds is 7. The number of aliphatic hydroxyl groups excluding tert-OH is 3. The number of nitrogens with one attached hydrogen (secondary N) is 2. The Morgan fingerprint density at radius 2 is 1.70 bits per heavy atom. The van der Waals surface area contributed by atoms with Gasteiger partial charge in [-0.2, -0.15) is 0 Å². The second kappa shape index (κ2) is 18.1. The fourth-order valence-corrected chi connectivity index (χ4v) is 2.83. The minimum atomic E-state index is -2.75. The first-order valence-electron chi connectivity index (χ1n) is 9.67. The summed E-state index contributed by atoms with van der Waals surface area (Å²) in [5.74, 6) is 0.163. The van der Waals surface area contributed by atoms with E-state index in [9.17, 15) is 28.5 Å². The fraction of sp³-hybridized carbons (Fsp3) is 0.944. The molecule has 1 aliphatic rings. The SMILES string of the molecule is CCC(C)C(=O)OC.CCC1OC(O)C(NC)C(O)C1O.CNCCS(C)(=O)=O.Cl. The molecule has 184 valence electrons. The molecule has 10 nitrogen and oxygen atoms in total. The molecule has 0 amide bonds. The molecule has 5 N–H and O–H groups in total. The molecule has 0 aromatic heterocycles. The Kier molecular flexibility index (Phi) is 20.5. The number of carbonyl (C=O) groups excluding carboxylic acids is 1. The molecule has 6 atom stereocenters. The Hall–Kier alpha value is -0.530. The zero-order valence-electron chi connectivity index (χ0n) is 19.0. The van der Waals surface area contributed by atoms with Crippen LogP contribution in [0.15, 0.2) is 0 Å². The quantitative estimate of drug-likeness (QED) is 0.295. The van der Waals surface area contributed by atoms with E-state index in [4.69, 9.17) is 4.74 Å². The number of carbonyl (C=O) groups is 1. The van der Waals surface area contributed by atoms with Crippen molar-refractivity contribution in [2.45, 2.75) is 64.3 Å². The summed E-state index contributed by atoms with van der Waals surface area (Å²) in [5.41, 5.74) is 0. The van der Waals surface area contributed by atoms with Crippen LogP contribution in [0.5, 0.6) is 0 Å². The first-order chi connectivity index (χ1) is 13.4. The standard InChI is InChI=1S/C8H17NO4.C6H12O2.C4H11NO2S.ClH/c1-3-4-6(10)7(11)5(9-2)8(12)13-4;1-4-5(2)6(7)8-3;1-5-3-4-8(2,6)7;/h4-12H,3H2,1-2H3;5H,4H2,1-3H3;5H,3-4H2,1-2H3;1H. The van der Waals surface area contributed by atoms with E-state index in [0.29, 0.717) is 13.0 Å². The molecule has 1 aliphatic heterocycles. The predicted molar refractivity (Wildman–Crippen MR) is 118 cm³/mol. The summed E-state index contributed by atoms with van der Waals surface area (Å²) in [5, 5.41) is 33.9. The highest BCUT2D eigenvalue weighted by Crippen LogP contribution is 2.21. The Bertz CT molecular complexity index is 538. The first kappa shape index (κ1) is 34.1. The molecule has 0 bridgehead atoms. The van der Waals surface area contributed by atoms with Gasteiger partial charge in [0.15, 0.2) is 6.29 Å². The maximum atomic E-state index is 10.5. The Labute approximate surface area is 187 Å². The normalized spacial score (nSPS) is 26.7. The maximum Gasteiger partial charge on any atom is 0.308 e. The van der Waals surface area contributed by atoms with Gasteiger partial charge < -0.3 is 35.4 Å². The third-order valence-corrected chi connectivity index (χ3v) is 5.34. The van der Waals surface area contributed by atoms with Crippen LogP contribution in [-0.2, 0) is 24.1 Å². The summed E-state index contributed by atoms with van der Waals surface area (Å²) in [6, 6.07) is -0.627. The molecule has 0 radical (unpaired) electrons. The van der Waals surface area contributed by atoms with Crippen LogP contribution in [0.1, 0.15) is 33.6 Å². The van der Waals surface area contributed by atoms with Crippen LogP contribution in [0.2, 0.25) is 0 Å². The van der Waals surface area contributed by atoms with E-state index in [1.165, 1.54) is 13.4 Å². The molecule has 0 saturated carbocycles. The largest absolute Gasteiger partial charge is 0.469 e. The van der Waals surface area contributed by atoms with E-state index in [0.717, 1.165) is 6.42 Å². The second-order valence-electron chi connectivity index (χ2n) is 6.83. The van der Waals surface area contributed by atoms with Crippen LogP contribution in [0.4, 0.5) is 0 Å². The highest BCUT2D eigenvalue weighted by Gasteiger charge is 2.42. The lowest BCUT2D eigenvalue weighted by molar-refractivity contribution is -0.247. The van der Waals surface area contributed by atoms with Crippen molar-refractivity contribution in [1.29, 1.82) is 0 Å². The molecule has 0 aliphatic carbocycles. The van der Waals surface area contributed by atoms with Crippen LogP contribution in [0.25, 0.3) is 0 Å². The highest BCUT2D eigenvalue weighted by molar-refractivity contribution is 7.90. The van der Waals surface area contributed by atoms with Crippen LogP contribution in [0.3, 0.4) is 0 Å². The summed E-state index contributed by atoms with van der Waals surface area (Å²) in [6.45, 7) is 6.18. The third kappa shape index (κ3) is 14.5. The Morgan fingerprint density at radius 1 is 1.17 bits per heavy atom. The van der Waals surface area contributed by atoms with Gasteiger partial charge in [-0.05, 0) is 26.9 Å². The molecule has 30 heavy (non-hydrogen) atoms. The van der Waals surface area contributed by atoms with Gasteiger partial charge in [-0.3, -0.25) is 4.79 Å². The number of esters is 1. The maximum absolute atomic E-state index is 10.5. The van der Waals surface area contributed by atoms with Gasteiger partial charge in [0.25, 0.3) is 0 Å². The molecule has 0 spiro atoms. The zero-order chi connectivity index (χ0) is 23.2. The van der Waals surface area contributed by atoms with Crippen LogP contribution in [0, 0.1) is 5.92 Å². The molecule has 6 unspecified atom stereocenters. The van der Waals surface area contributed by atoms with Crippen molar-refractivity contribution in [1.82, 2.24) is 10.6 Å². The molecule has 0 aromatic rings. The lowest BCUT2D eigenvalue weighted by atomic mass is 9.96. The van der Waals surface area contributed by atoms with E-state index in [1.807, 2.05) is 20.8 Å². The lowest BCUT2D eigenvalue weighted by Gasteiger charge is -2.40. The number of hydrogen-bond acceptors (Lipinski definition) is 10. The molecule has 1 fully saturated rings. The second-order valence-corrected chi connectivity index (χ2v) is 9.09. The molecular weight excluding hydrogens is 440 g/mol. The van der Waals surface area contributed by atoms with Gasteiger partial charge in [-0.15, -0.1) is 12.4 Å². The van der Waals surface area contributed by atoms with Crippen molar-refractivity contribution in [2.75, 3.05) is 39.8 Å². The minimum absolute atomic E-state index is 0. The summed E-state index contributed by atoms with van der Waals surface area (Å²) in [4.78, 5) is 10.5. The smallest absolute Gasteiger partial charge is 0.308 e. The fourth-order valence-electron chi connectivity index (χ4n) is 2.25. The topological polar surface area (TPSA) is 154 Å². The third-order valence-electron chi connectivity index (χ3n) is 4.39. The van der Waals surface area contributed by atoms with Gasteiger partial charge in [-0.1, -0.05) is 20.8 Å². The van der Waals surface area contributed by atoms with Gasteiger partial charge in [0, 0.05) is 12.8 Å². The molecule has 1 heterocycles. The van der Waals surface area contributed by atoms with Crippen molar-refractivity contribution in [3.8, 4) is 0 Å². The Balaban J connectivity index is -0.000000378. The van der Waals surface area contributed by atoms with Crippen molar-refractivity contribution in [2.24, 2.45) is 5.92 Å². The number of hydrogen-bond donors (Lipinski definition) is 5. The lowest BCUT2D eigenvalue weighted by Crippen LogP contribution is -2.61. The Morgan fingerprint density at radius 3 is 1.97 bits per heavy atom. The summed E-state index contributed by atoms with van der Waals surface area (Å²) >= 11 is 0. The molecule has 12 heteroatoms. The number of ether oxygens (including phenoxy) is 2. The van der Waals surface area contributed by atoms with E-state index < -0.39 is 40.5 Å². The molecule has 1 rings (SSSR count). The van der Waals surface area contributed by atoms with E-state index in [1.54, 1.807) is 14.1 Å². The number of methoxy groups -OCH3 is 1. The average Bonchev–Trinajstić information content (AvgIpc) is 2.68. The van der Waals surface area contributed by atoms with Gasteiger partial charge in [-0.25, -0.2) is 8.42 Å². The van der Waals surface area contributed by atoms with Gasteiger partial charge in [0.05, 0.1) is 30.9 Å². The number of likely N-dealkylation sites (N-methyl/N-ethyl adjacent to an activating group) is 1. The number of halogens is 1. The van der Waals surface area contributed by atoms with Crippen molar-refractivity contribution in [3.05, 3.63) is 0 Å². The number of aliphatic hydroxyl groups is 3. The first-order valence-corrected chi connectivity index (χ1v) is 11.7. The predicted octanol–water partition coefficient (Wildman–Crippen LogP) is -0.699. The van der Waals surface area contributed by atoms with Crippen molar-refractivity contribution < 1.29 is 38.0 Å². The van der Waals surface area contributed by atoms with Gasteiger partial charge >= 0.3 is 5.97 Å².